The first kappa shape index (κ1) is 29.8. The molecule has 1 heterocycles. The Kier molecular flexibility index (Phi) is 9.75. The molecule has 0 saturated carbocycles. The summed E-state index contributed by atoms with van der Waals surface area (Å²) >= 11 is 1.60. The summed E-state index contributed by atoms with van der Waals surface area (Å²) in [5.74, 6) is -0.205. The van der Waals surface area contributed by atoms with Crippen molar-refractivity contribution < 1.29 is 19.1 Å². The molecule has 0 aliphatic heterocycles. The maximum atomic E-state index is 14.3. The molecule has 3 N–H and O–H groups in total. The van der Waals surface area contributed by atoms with Crippen LogP contribution in [0, 0.1) is 0 Å². The largest absolute Gasteiger partial charge is 0.497 e. The Balaban J connectivity index is 1.68. The predicted octanol–water partition coefficient (Wildman–Crippen LogP) is 3.87. The van der Waals surface area contributed by atoms with Crippen LogP contribution in [0.3, 0.4) is 0 Å². The fraction of sp³-hybridized carbons (Fsp3) is 0.281. The van der Waals surface area contributed by atoms with Crippen molar-refractivity contribution in [3.63, 3.8) is 0 Å². The van der Waals surface area contributed by atoms with Gasteiger partial charge >= 0.3 is 0 Å². The molecule has 9 heteroatoms. The van der Waals surface area contributed by atoms with Crippen molar-refractivity contribution in [1.82, 2.24) is 15.1 Å². The fourth-order valence-corrected chi connectivity index (χ4v) is 5.89. The van der Waals surface area contributed by atoms with E-state index >= 15 is 0 Å². The van der Waals surface area contributed by atoms with E-state index in [1.165, 1.54) is 9.80 Å². The fourth-order valence-electron chi connectivity index (χ4n) is 4.91. The van der Waals surface area contributed by atoms with Crippen LogP contribution in [0.2, 0.25) is 0 Å². The average molecular weight is 573 g/mol. The lowest BCUT2D eigenvalue weighted by atomic mass is 9.99. The minimum atomic E-state index is -0.852. The molecule has 4 rings (SSSR count). The lowest BCUT2D eigenvalue weighted by molar-refractivity contribution is -0.142. The molecule has 4 aromatic rings. The Morgan fingerprint density at radius 2 is 1.63 bits per heavy atom. The Bertz CT molecular complexity index is 1520. The Morgan fingerprint density at radius 3 is 2.32 bits per heavy atom. The highest BCUT2D eigenvalue weighted by Crippen LogP contribution is 2.28. The molecule has 1 aromatic heterocycles. The molecule has 3 amide bonds. The van der Waals surface area contributed by atoms with Crippen molar-refractivity contribution in [1.29, 1.82) is 0 Å². The van der Waals surface area contributed by atoms with Gasteiger partial charge < -0.3 is 25.6 Å². The van der Waals surface area contributed by atoms with Crippen LogP contribution in [-0.4, -0.2) is 67.9 Å². The van der Waals surface area contributed by atoms with Gasteiger partial charge in [0.1, 0.15) is 17.8 Å². The third-order valence-electron chi connectivity index (χ3n) is 7.41. The molecule has 0 saturated heterocycles. The number of ether oxygens (including phenoxy) is 1. The number of benzene rings is 3. The Labute approximate surface area is 244 Å². The molecule has 41 heavy (non-hydrogen) atoms. The van der Waals surface area contributed by atoms with Crippen LogP contribution in [0.15, 0.2) is 78.2 Å². The van der Waals surface area contributed by atoms with Crippen LogP contribution in [0.1, 0.15) is 27.0 Å². The highest BCUT2D eigenvalue weighted by Gasteiger charge is 2.35. The molecule has 0 radical (unpaired) electrons. The van der Waals surface area contributed by atoms with Gasteiger partial charge in [0.15, 0.2) is 0 Å². The summed E-state index contributed by atoms with van der Waals surface area (Å²) in [5, 5.41) is 5.77. The molecule has 0 aliphatic carbocycles. The first-order chi connectivity index (χ1) is 19.8. The van der Waals surface area contributed by atoms with Gasteiger partial charge in [-0.3, -0.25) is 14.4 Å². The normalized spacial score (nSPS) is 12.4. The van der Waals surface area contributed by atoms with E-state index in [9.17, 15) is 14.4 Å². The third-order valence-corrected chi connectivity index (χ3v) is 8.42. The van der Waals surface area contributed by atoms with Crippen LogP contribution in [0.5, 0.6) is 5.75 Å². The van der Waals surface area contributed by atoms with E-state index in [0.29, 0.717) is 30.7 Å². The number of thiophene rings is 1. The van der Waals surface area contributed by atoms with Crippen molar-refractivity contribution in [2.45, 2.75) is 31.5 Å². The van der Waals surface area contributed by atoms with Crippen LogP contribution < -0.4 is 15.8 Å². The summed E-state index contributed by atoms with van der Waals surface area (Å²) in [6.45, 7) is 0.302. The predicted molar refractivity (Wildman–Crippen MR) is 163 cm³/mol. The topological polar surface area (TPSA) is 105 Å². The Morgan fingerprint density at radius 1 is 0.902 bits per heavy atom. The summed E-state index contributed by atoms with van der Waals surface area (Å²) < 4.78 is 6.36. The Hall–Kier alpha value is -4.21. The molecule has 0 unspecified atom stereocenters. The smallest absolute Gasteiger partial charge is 0.254 e. The van der Waals surface area contributed by atoms with Crippen LogP contribution in [0.4, 0.5) is 0 Å². The van der Waals surface area contributed by atoms with Crippen molar-refractivity contribution in [3.05, 3.63) is 100 Å². The number of methoxy groups -OCH3 is 1. The second-order valence-corrected chi connectivity index (χ2v) is 10.8. The molecule has 0 spiro atoms. The van der Waals surface area contributed by atoms with E-state index in [4.69, 9.17) is 10.5 Å². The lowest BCUT2D eigenvalue weighted by Gasteiger charge is -2.34. The van der Waals surface area contributed by atoms with Gasteiger partial charge in [-0.2, -0.15) is 0 Å². The first-order valence-electron chi connectivity index (χ1n) is 13.4. The standard InChI is InChI=1S/C32H36N4O4S/c1-34-30(37)27(17-21-12-14-25(40-4)15-13-21)35(2)32(39)28(18-24-20-41-29-11-6-5-10-26(24)29)36(3)31(38)23-9-7-8-22(16-23)19-33/h5-16,20,27-28H,17-19,33H2,1-4H3,(H,34,37)/t27-,28-/m1/s1. The number of nitrogens with zero attached hydrogens (tertiary/aromatic N) is 2. The van der Waals surface area contributed by atoms with E-state index in [0.717, 1.165) is 26.8 Å². The van der Waals surface area contributed by atoms with Crippen molar-refractivity contribution in [3.8, 4) is 5.75 Å². The summed E-state index contributed by atoms with van der Waals surface area (Å²) in [4.78, 5) is 44.0. The van der Waals surface area contributed by atoms with Gasteiger partial charge in [-0.15, -0.1) is 11.3 Å². The number of fused-ring (bicyclic) bond motifs is 1. The highest BCUT2D eigenvalue weighted by atomic mass is 32.1. The van der Waals surface area contributed by atoms with Gasteiger partial charge in [0.2, 0.25) is 11.8 Å². The molecule has 214 valence electrons. The van der Waals surface area contributed by atoms with E-state index < -0.39 is 12.1 Å². The molecule has 3 aromatic carbocycles. The van der Waals surface area contributed by atoms with E-state index in [1.807, 2.05) is 60.0 Å². The number of likely N-dealkylation sites (N-methyl/N-ethyl adjacent to an activating group) is 3. The number of nitrogens with two attached hydrogens (primary N) is 1. The van der Waals surface area contributed by atoms with E-state index in [1.54, 1.807) is 57.8 Å². The van der Waals surface area contributed by atoms with Crippen molar-refractivity contribution in [2.24, 2.45) is 5.73 Å². The van der Waals surface area contributed by atoms with Crippen LogP contribution >= 0.6 is 11.3 Å². The summed E-state index contributed by atoms with van der Waals surface area (Å²) in [5.41, 5.74) is 8.94. The van der Waals surface area contributed by atoms with Gasteiger partial charge in [-0.1, -0.05) is 42.5 Å². The van der Waals surface area contributed by atoms with Gasteiger partial charge in [-0.25, -0.2) is 0 Å². The number of hydrogen-bond acceptors (Lipinski definition) is 6. The first-order valence-corrected chi connectivity index (χ1v) is 14.3. The van der Waals surface area contributed by atoms with Gasteiger partial charge in [0.25, 0.3) is 5.91 Å². The quantitative estimate of drug-likeness (QED) is 0.284. The summed E-state index contributed by atoms with van der Waals surface area (Å²) in [7, 11) is 6.41. The van der Waals surface area contributed by atoms with E-state index in [2.05, 4.69) is 5.32 Å². The lowest BCUT2D eigenvalue weighted by Crippen LogP contribution is -2.55. The van der Waals surface area contributed by atoms with Crippen LogP contribution in [0.25, 0.3) is 10.1 Å². The van der Waals surface area contributed by atoms with Gasteiger partial charge in [0, 0.05) is 50.8 Å². The van der Waals surface area contributed by atoms with Crippen molar-refractivity contribution >= 4 is 39.1 Å². The number of rotatable bonds is 11. The molecular weight excluding hydrogens is 536 g/mol. The monoisotopic (exact) mass is 572 g/mol. The molecule has 0 bridgehead atoms. The van der Waals surface area contributed by atoms with E-state index in [-0.39, 0.29) is 17.7 Å². The zero-order valence-electron chi connectivity index (χ0n) is 23.8. The third kappa shape index (κ3) is 6.75. The number of carbonyl (C=O) groups is 3. The van der Waals surface area contributed by atoms with Crippen molar-refractivity contribution in [2.75, 3.05) is 28.3 Å². The number of carbonyl (C=O) groups excluding carboxylic acids is 3. The zero-order chi connectivity index (χ0) is 29.5. The molecular formula is C32H36N4O4S. The number of amides is 3. The number of hydrogen-bond donors (Lipinski definition) is 2. The van der Waals surface area contributed by atoms with Gasteiger partial charge in [0.05, 0.1) is 7.11 Å². The van der Waals surface area contributed by atoms with Gasteiger partial charge in [-0.05, 0) is 57.8 Å². The maximum Gasteiger partial charge on any atom is 0.254 e. The maximum absolute atomic E-state index is 14.3. The molecule has 0 fully saturated rings. The second kappa shape index (κ2) is 13.4. The average Bonchev–Trinajstić information content (AvgIpc) is 3.43. The van der Waals surface area contributed by atoms with Crippen LogP contribution in [-0.2, 0) is 29.0 Å². The molecule has 2 atom stereocenters. The highest BCUT2D eigenvalue weighted by molar-refractivity contribution is 7.17. The molecule has 8 nitrogen and oxygen atoms in total. The second-order valence-electron chi connectivity index (χ2n) is 9.93. The zero-order valence-corrected chi connectivity index (χ0v) is 24.6. The minimum absolute atomic E-state index is 0.291. The summed E-state index contributed by atoms with van der Waals surface area (Å²) in [6, 6.07) is 20.9. The summed E-state index contributed by atoms with van der Waals surface area (Å²) in [6.07, 6.45) is 0.602. The number of nitrogens with one attached hydrogen (secondary N) is 1. The minimum Gasteiger partial charge on any atom is -0.497 e. The SMILES string of the molecule is CNC(=O)[C@@H](Cc1ccc(OC)cc1)N(C)C(=O)[C@@H](Cc1csc2ccccc12)N(C)C(=O)c1cccc(CN)c1. The molecule has 0 aliphatic rings.